The molecule has 1 aliphatic rings. The molecule has 4 rings (SSSR count). The van der Waals surface area contributed by atoms with Crippen LogP contribution in [-0.4, -0.2) is 48.6 Å². The molecule has 0 aliphatic carbocycles. The van der Waals surface area contributed by atoms with Crippen molar-refractivity contribution in [3.63, 3.8) is 0 Å². The third-order valence-electron chi connectivity index (χ3n) is 5.51. The van der Waals surface area contributed by atoms with E-state index in [1.807, 2.05) is 60.7 Å². The molecular formula is C24H27N7O2. The van der Waals surface area contributed by atoms with Gasteiger partial charge in [-0.1, -0.05) is 36.4 Å². The number of amides is 3. The Morgan fingerprint density at radius 3 is 2.55 bits per heavy atom. The number of anilines is 5. The zero-order valence-electron chi connectivity index (χ0n) is 18.4. The molecule has 2 heterocycles. The SMILES string of the molecule is CN(C(=O)N[C@@H]1CCCN(c2cnc(NC=O)c(Nc3ccccc3)n2)C1)c1ccccc1. The lowest BCUT2D eigenvalue weighted by Crippen LogP contribution is -2.51. The van der Waals surface area contributed by atoms with Crippen LogP contribution in [0.1, 0.15) is 12.8 Å². The van der Waals surface area contributed by atoms with E-state index in [4.69, 9.17) is 4.98 Å². The Kier molecular flexibility index (Phi) is 6.99. The number of urea groups is 1. The lowest BCUT2D eigenvalue weighted by Gasteiger charge is -2.34. The first-order valence-electron chi connectivity index (χ1n) is 10.9. The van der Waals surface area contributed by atoms with Gasteiger partial charge >= 0.3 is 6.03 Å². The summed E-state index contributed by atoms with van der Waals surface area (Å²) in [5.41, 5.74) is 1.68. The van der Waals surface area contributed by atoms with E-state index < -0.39 is 0 Å². The van der Waals surface area contributed by atoms with Gasteiger partial charge in [0.25, 0.3) is 0 Å². The van der Waals surface area contributed by atoms with Crippen molar-refractivity contribution in [1.29, 1.82) is 0 Å². The van der Waals surface area contributed by atoms with Gasteiger partial charge in [-0.05, 0) is 37.1 Å². The van der Waals surface area contributed by atoms with E-state index in [0.29, 0.717) is 30.4 Å². The van der Waals surface area contributed by atoms with Crippen molar-refractivity contribution in [2.24, 2.45) is 0 Å². The highest BCUT2D eigenvalue weighted by Crippen LogP contribution is 2.26. The van der Waals surface area contributed by atoms with Crippen LogP contribution in [0.15, 0.2) is 66.9 Å². The number of benzene rings is 2. The number of hydrogen-bond donors (Lipinski definition) is 3. The van der Waals surface area contributed by atoms with Crippen molar-refractivity contribution in [2.75, 3.05) is 40.6 Å². The van der Waals surface area contributed by atoms with Crippen molar-refractivity contribution in [1.82, 2.24) is 15.3 Å². The summed E-state index contributed by atoms with van der Waals surface area (Å²) in [6.07, 6.45) is 4.02. The third-order valence-corrected chi connectivity index (χ3v) is 5.51. The average Bonchev–Trinajstić information content (AvgIpc) is 2.86. The topological polar surface area (TPSA) is 102 Å². The molecule has 1 atom stereocenters. The summed E-state index contributed by atoms with van der Waals surface area (Å²) in [5.74, 6) is 1.49. The normalized spacial score (nSPS) is 15.4. The molecule has 0 saturated carbocycles. The van der Waals surface area contributed by atoms with Gasteiger partial charge in [-0.15, -0.1) is 0 Å². The second kappa shape index (κ2) is 10.4. The summed E-state index contributed by atoms with van der Waals surface area (Å²) >= 11 is 0. The van der Waals surface area contributed by atoms with Crippen LogP contribution in [0.5, 0.6) is 0 Å². The van der Waals surface area contributed by atoms with Gasteiger partial charge in [0.1, 0.15) is 5.82 Å². The first kappa shape index (κ1) is 22.1. The number of rotatable bonds is 7. The molecule has 0 spiro atoms. The van der Waals surface area contributed by atoms with Gasteiger partial charge in [0.05, 0.1) is 6.20 Å². The highest BCUT2D eigenvalue weighted by molar-refractivity contribution is 5.91. The van der Waals surface area contributed by atoms with Gasteiger partial charge in [-0.25, -0.2) is 14.8 Å². The van der Waals surface area contributed by atoms with Crippen LogP contribution < -0.4 is 25.8 Å². The first-order valence-corrected chi connectivity index (χ1v) is 10.9. The van der Waals surface area contributed by atoms with E-state index in [1.54, 1.807) is 18.1 Å². The van der Waals surface area contributed by atoms with Gasteiger partial charge in [0.2, 0.25) is 6.41 Å². The second-order valence-corrected chi connectivity index (χ2v) is 7.81. The molecule has 170 valence electrons. The molecule has 33 heavy (non-hydrogen) atoms. The fourth-order valence-electron chi connectivity index (χ4n) is 3.78. The lowest BCUT2D eigenvalue weighted by atomic mass is 10.1. The number of carbonyl (C=O) groups excluding carboxylic acids is 2. The fourth-order valence-corrected chi connectivity index (χ4v) is 3.78. The van der Waals surface area contributed by atoms with E-state index in [-0.39, 0.29) is 12.1 Å². The summed E-state index contributed by atoms with van der Waals surface area (Å²) in [7, 11) is 1.76. The Labute approximate surface area is 192 Å². The zero-order chi connectivity index (χ0) is 23.0. The molecule has 2 aromatic carbocycles. The molecule has 0 radical (unpaired) electrons. The third kappa shape index (κ3) is 5.57. The van der Waals surface area contributed by atoms with Crippen LogP contribution in [0.2, 0.25) is 0 Å². The number of nitrogens with zero attached hydrogens (tertiary/aromatic N) is 4. The Morgan fingerprint density at radius 2 is 1.82 bits per heavy atom. The maximum Gasteiger partial charge on any atom is 0.321 e. The average molecular weight is 446 g/mol. The molecule has 0 unspecified atom stereocenters. The van der Waals surface area contributed by atoms with Crippen molar-refractivity contribution < 1.29 is 9.59 Å². The van der Waals surface area contributed by atoms with Gasteiger partial charge in [-0.2, -0.15) is 0 Å². The summed E-state index contributed by atoms with van der Waals surface area (Å²) in [4.78, 5) is 36.6. The highest BCUT2D eigenvalue weighted by atomic mass is 16.2. The molecule has 9 nitrogen and oxygen atoms in total. The number of para-hydroxylation sites is 2. The molecule has 9 heteroatoms. The molecule has 1 fully saturated rings. The second-order valence-electron chi connectivity index (χ2n) is 7.81. The predicted octanol–water partition coefficient (Wildman–Crippen LogP) is 3.60. The summed E-state index contributed by atoms with van der Waals surface area (Å²) in [6.45, 7) is 1.43. The zero-order valence-corrected chi connectivity index (χ0v) is 18.4. The van der Waals surface area contributed by atoms with Crippen molar-refractivity contribution in [2.45, 2.75) is 18.9 Å². The number of piperidine rings is 1. The van der Waals surface area contributed by atoms with Crippen LogP contribution >= 0.6 is 0 Å². The maximum atomic E-state index is 12.7. The molecule has 3 aromatic rings. The van der Waals surface area contributed by atoms with Gasteiger partial charge < -0.3 is 20.9 Å². The highest BCUT2D eigenvalue weighted by Gasteiger charge is 2.24. The van der Waals surface area contributed by atoms with Gasteiger partial charge in [0.15, 0.2) is 11.6 Å². The van der Waals surface area contributed by atoms with Crippen molar-refractivity contribution >= 4 is 41.3 Å². The molecule has 3 amide bonds. The van der Waals surface area contributed by atoms with Crippen LogP contribution in [0.3, 0.4) is 0 Å². The van der Waals surface area contributed by atoms with Crippen LogP contribution in [0.25, 0.3) is 0 Å². The minimum absolute atomic E-state index is 0.0162. The van der Waals surface area contributed by atoms with Crippen molar-refractivity contribution in [3.8, 4) is 0 Å². The molecule has 3 N–H and O–H groups in total. The van der Waals surface area contributed by atoms with E-state index in [2.05, 4.69) is 25.8 Å². The molecule has 1 saturated heterocycles. The summed E-state index contributed by atoms with van der Waals surface area (Å²) in [5, 5.41) is 8.93. The van der Waals surface area contributed by atoms with E-state index in [1.165, 1.54) is 0 Å². The number of aromatic nitrogens is 2. The van der Waals surface area contributed by atoms with Gasteiger partial charge in [0, 0.05) is 37.6 Å². The minimum Gasteiger partial charge on any atom is -0.353 e. The molecular weight excluding hydrogens is 418 g/mol. The van der Waals surface area contributed by atoms with Crippen molar-refractivity contribution in [3.05, 3.63) is 66.9 Å². The Balaban J connectivity index is 1.46. The molecule has 0 bridgehead atoms. The fraction of sp³-hybridized carbons (Fsp3) is 0.250. The first-order chi connectivity index (χ1) is 16.1. The smallest absolute Gasteiger partial charge is 0.321 e. The van der Waals surface area contributed by atoms with E-state index >= 15 is 0 Å². The summed E-state index contributed by atoms with van der Waals surface area (Å²) < 4.78 is 0. The standard InChI is InChI=1S/C24H27N7O2/c1-30(20-12-6-3-7-13-20)24(33)28-19-11-8-14-31(16-19)21-15-25-22(26-17-32)23(29-21)27-18-9-4-2-5-10-18/h2-7,9-10,12-13,15,17,19H,8,11,14,16H2,1H3,(H,27,29)(H,28,33)(H,25,26,32)/t19-/m1/s1. The summed E-state index contributed by atoms with van der Waals surface area (Å²) in [6, 6.07) is 19.0. The van der Waals surface area contributed by atoms with E-state index in [0.717, 1.165) is 30.8 Å². The van der Waals surface area contributed by atoms with Crippen LogP contribution in [-0.2, 0) is 4.79 Å². The van der Waals surface area contributed by atoms with Crippen LogP contribution in [0, 0.1) is 0 Å². The Morgan fingerprint density at radius 1 is 1.09 bits per heavy atom. The number of nitrogens with one attached hydrogen (secondary N) is 3. The quantitative estimate of drug-likeness (QED) is 0.480. The molecule has 1 aliphatic heterocycles. The predicted molar refractivity (Wildman–Crippen MR) is 130 cm³/mol. The lowest BCUT2D eigenvalue weighted by molar-refractivity contribution is -0.105. The largest absolute Gasteiger partial charge is 0.353 e. The maximum absolute atomic E-state index is 12.7. The Bertz CT molecular complexity index is 1080. The number of hydrogen-bond acceptors (Lipinski definition) is 6. The minimum atomic E-state index is -0.143. The molecule has 1 aromatic heterocycles. The van der Waals surface area contributed by atoms with E-state index in [9.17, 15) is 9.59 Å². The number of carbonyl (C=O) groups is 2. The van der Waals surface area contributed by atoms with Crippen LogP contribution in [0.4, 0.5) is 33.6 Å². The van der Waals surface area contributed by atoms with Gasteiger partial charge in [-0.3, -0.25) is 9.69 Å². The Hall–Kier alpha value is -4.14. The monoisotopic (exact) mass is 445 g/mol.